The van der Waals surface area contributed by atoms with Crippen LogP contribution >= 0.6 is 0 Å². The van der Waals surface area contributed by atoms with Gasteiger partial charge < -0.3 is 4.57 Å². The van der Waals surface area contributed by atoms with Gasteiger partial charge >= 0.3 is 0 Å². The van der Waals surface area contributed by atoms with E-state index in [9.17, 15) is 0 Å². The normalized spacial score (nSPS) is 15.8. The maximum Gasteiger partial charge on any atom is 0.247 e. The van der Waals surface area contributed by atoms with Crippen molar-refractivity contribution in [2.24, 2.45) is 0 Å². The molecule has 312 valence electrons. The summed E-state index contributed by atoms with van der Waals surface area (Å²) in [5.41, 5.74) is 22.9. The fourth-order valence-electron chi connectivity index (χ4n) is 12.1. The van der Waals surface area contributed by atoms with Crippen molar-refractivity contribution < 1.29 is 0 Å². The molecule has 1 aliphatic carbocycles. The van der Waals surface area contributed by atoms with Gasteiger partial charge in [0.25, 0.3) is 0 Å². The molecule has 1 atom stereocenters. The molecule has 63 heavy (non-hydrogen) atoms. The molecule has 8 aromatic carbocycles. The van der Waals surface area contributed by atoms with Gasteiger partial charge in [0.1, 0.15) is 0 Å². The Labute approximate surface area is 374 Å². The molecule has 0 radical (unpaired) electrons. The second kappa shape index (κ2) is 12.4. The lowest BCUT2D eigenvalue weighted by Crippen LogP contribution is -2.57. The average molecular weight is 818 g/mol. The van der Waals surface area contributed by atoms with Crippen LogP contribution in [0.4, 0.5) is 0 Å². The number of aromatic nitrogens is 1. The van der Waals surface area contributed by atoms with Gasteiger partial charge in [-0.3, -0.25) is 0 Å². The van der Waals surface area contributed by atoms with E-state index in [0.29, 0.717) is 0 Å². The third-order valence-electron chi connectivity index (χ3n) is 15.6. The van der Waals surface area contributed by atoms with Crippen LogP contribution in [0.15, 0.2) is 109 Å². The van der Waals surface area contributed by atoms with Crippen LogP contribution in [0.1, 0.15) is 134 Å². The zero-order valence-electron chi connectivity index (χ0n) is 39.7. The predicted molar refractivity (Wildman–Crippen MR) is 275 cm³/mol. The lowest BCUT2D eigenvalue weighted by atomic mass is 9.34. The number of hydrogen-bond acceptors (Lipinski definition) is 0. The largest absolute Gasteiger partial charge is 0.310 e. The summed E-state index contributed by atoms with van der Waals surface area (Å²) in [5, 5.41) is 11.0. The Morgan fingerprint density at radius 2 is 1.10 bits per heavy atom. The van der Waals surface area contributed by atoms with Crippen LogP contribution in [-0.2, 0) is 28.1 Å². The minimum Gasteiger partial charge on any atom is -0.310 e. The van der Waals surface area contributed by atoms with Gasteiger partial charge in [0.05, 0.1) is 5.52 Å². The molecule has 0 bridgehead atoms. The Morgan fingerprint density at radius 3 is 1.79 bits per heavy atom. The highest BCUT2D eigenvalue weighted by molar-refractivity contribution is 6.99. The van der Waals surface area contributed by atoms with Crippen LogP contribution in [0.2, 0.25) is 0 Å². The molecule has 3 aliphatic rings. The van der Waals surface area contributed by atoms with E-state index in [4.69, 9.17) is 0 Å². The second-order valence-corrected chi connectivity index (χ2v) is 23.9. The molecule has 0 spiro atoms. The smallest absolute Gasteiger partial charge is 0.247 e. The molecule has 12 rings (SSSR count). The molecule has 0 N–H and O–H groups in total. The summed E-state index contributed by atoms with van der Waals surface area (Å²) in [6, 6.07) is 44.5. The van der Waals surface area contributed by atoms with Crippen molar-refractivity contribution in [3.05, 3.63) is 154 Å². The number of nitrogens with zero attached hydrogens (tertiary/aromatic N) is 1. The fourth-order valence-corrected chi connectivity index (χ4v) is 12.1. The molecule has 1 aromatic heterocycles. The van der Waals surface area contributed by atoms with Gasteiger partial charge in [-0.05, 0) is 153 Å². The van der Waals surface area contributed by atoms with Gasteiger partial charge in [-0.2, -0.15) is 0 Å². The van der Waals surface area contributed by atoms with Crippen LogP contribution in [-0.4, -0.2) is 11.3 Å². The molecule has 0 amide bonds. The van der Waals surface area contributed by atoms with Crippen molar-refractivity contribution in [3.63, 3.8) is 0 Å². The molecule has 1 unspecified atom stereocenters. The molecule has 2 heteroatoms. The minimum atomic E-state index is -0.0394. The van der Waals surface area contributed by atoms with Gasteiger partial charge in [0.15, 0.2) is 0 Å². The molecule has 0 fully saturated rings. The molecule has 3 heterocycles. The highest BCUT2D eigenvalue weighted by Gasteiger charge is 2.46. The Kier molecular flexibility index (Phi) is 7.65. The van der Waals surface area contributed by atoms with Crippen LogP contribution < -0.4 is 16.4 Å². The summed E-state index contributed by atoms with van der Waals surface area (Å²) in [5.74, 6) is 0.243. The summed E-state index contributed by atoms with van der Waals surface area (Å²) in [4.78, 5) is 0. The number of fused-ring (bicyclic) bond motifs is 16. The Hall–Kier alpha value is -5.60. The van der Waals surface area contributed by atoms with E-state index in [0.717, 1.165) is 6.42 Å². The molecule has 1 nitrogen and oxygen atoms in total. The van der Waals surface area contributed by atoms with E-state index in [1.54, 1.807) is 5.56 Å². The summed E-state index contributed by atoms with van der Waals surface area (Å²) in [7, 11) is 0. The van der Waals surface area contributed by atoms with Crippen LogP contribution in [0.5, 0.6) is 0 Å². The average Bonchev–Trinajstić information content (AvgIpc) is 3.66. The van der Waals surface area contributed by atoms with Crippen molar-refractivity contribution in [2.45, 2.75) is 124 Å². The van der Waals surface area contributed by atoms with E-state index < -0.39 is 0 Å². The third kappa shape index (κ3) is 5.37. The molecule has 2 aliphatic heterocycles. The van der Waals surface area contributed by atoms with E-state index >= 15 is 0 Å². The number of benzene rings is 8. The standard InChI is InChI=1S/C61H60BN/c1-33-18-21-41-42(24-33)38-16-14-15-17-39(38)47-32-53-56-49(54(41)47)31-46-40-22-19-34(58(2,3)4)25-43(40)45-27-36(60(8,9)10)29-50(55(45)46)62(56)51-30-37(61(11,12)13)28-48-44-26-35(59(5,6)7)20-23-52(44)63(53)57(48)51/h14-30,32,46H,31H2,1-13H3. The highest BCUT2D eigenvalue weighted by Crippen LogP contribution is 2.52. The van der Waals surface area contributed by atoms with Crippen molar-refractivity contribution >= 4 is 77.2 Å². The first kappa shape index (κ1) is 39.0. The number of aryl methyl sites for hydroxylation is 1. The lowest BCUT2D eigenvalue weighted by Gasteiger charge is -2.32. The topological polar surface area (TPSA) is 4.93 Å². The van der Waals surface area contributed by atoms with Gasteiger partial charge in [-0.25, -0.2) is 0 Å². The molecule has 0 saturated carbocycles. The fraction of sp³-hybridized carbons (Fsp3) is 0.311. The first-order chi connectivity index (χ1) is 29.7. The van der Waals surface area contributed by atoms with Gasteiger partial charge in [-0.15, -0.1) is 0 Å². The van der Waals surface area contributed by atoms with Crippen LogP contribution in [0, 0.1) is 6.92 Å². The lowest BCUT2D eigenvalue weighted by molar-refractivity contribution is 0.589. The molecule has 9 aromatic rings. The van der Waals surface area contributed by atoms with E-state index in [2.05, 4.69) is 204 Å². The molecule has 0 saturated heterocycles. The van der Waals surface area contributed by atoms with Gasteiger partial charge in [0.2, 0.25) is 6.71 Å². The van der Waals surface area contributed by atoms with E-state index in [-0.39, 0.29) is 34.3 Å². The van der Waals surface area contributed by atoms with Crippen molar-refractivity contribution in [1.29, 1.82) is 0 Å². The zero-order valence-corrected chi connectivity index (χ0v) is 39.7. The SMILES string of the molecule is Cc1ccc2c(c1)c1ccccc1c1cc3c4c(c21)CC1c2ccc(C(C)(C)C)cc2-c2cc(C(C)(C)C)cc(c21)B4c1cc(C(C)(C)C)cc2c4cc(C(C)(C)C)ccc4n-3c12. The van der Waals surface area contributed by atoms with E-state index in [1.165, 1.54) is 126 Å². The van der Waals surface area contributed by atoms with Crippen molar-refractivity contribution in [3.8, 4) is 16.8 Å². The highest BCUT2D eigenvalue weighted by atomic mass is 15.0. The summed E-state index contributed by atoms with van der Waals surface area (Å²) in [6.45, 7) is 30.9. The maximum atomic E-state index is 2.71. The maximum absolute atomic E-state index is 2.71. The van der Waals surface area contributed by atoms with E-state index in [1.807, 2.05) is 0 Å². The molecular weight excluding hydrogens is 757 g/mol. The zero-order chi connectivity index (χ0) is 44.0. The van der Waals surface area contributed by atoms with Crippen molar-refractivity contribution in [1.82, 2.24) is 4.57 Å². The number of rotatable bonds is 0. The first-order valence-corrected chi connectivity index (χ1v) is 23.6. The Bertz CT molecular complexity index is 3530. The third-order valence-corrected chi connectivity index (χ3v) is 15.6. The predicted octanol–water partition coefficient (Wildman–Crippen LogP) is 14.2. The summed E-state index contributed by atoms with van der Waals surface area (Å²) in [6.07, 6.45) is 0.957. The van der Waals surface area contributed by atoms with Gasteiger partial charge in [-0.1, -0.05) is 179 Å². The Morgan fingerprint density at radius 1 is 0.492 bits per heavy atom. The van der Waals surface area contributed by atoms with Crippen molar-refractivity contribution in [2.75, 3.05) is 0 Å². The quantitative estimate of drug-likeness (QED) is 0.106. The summed E-state index contributed by atoms with van der Waals surface area (Å²) < 4.78 is 2.71. The second-order valence-electron chi connectivity index (χ2n) is 23.9. The monoisotopic (exact) mass is 817 g/mol. The van der Waals surface area contributed by atoms with Crippen LogP contribution in [0.3, 0.4) is 0 Å². The van der Waals surface area contributed by atoms with Crippen LogP contribution in [0.25, 0.3) is 70.9 Å². The Balaban J connectivity index is 1.34. The first-order valence-electron chi connectivity index (χ1n) is 23.6. The van der Waals surface area contributed by atoms with Gasteiger partial charge in [0, 0.05) is 27.9 Å². The minimum absolute atomic E-state index is 0.0288. The summed E-state index contributed by atoms with van der Waals surface area (Å²) >= 11 is 0. The number of hydrogen-bond donors (Lipinski definition) is 0. The molecular formula is C61H60BN.